The van der Waals surface area contributed by atoms with E-state index in [1.807, 2.05) is 37.3 Å². The highest BCUT2D eigenvalue weighted by molar-refractivity contribution is 6.05. The number of carbonyl (C=O) groups is 3. The summed E-state index contributed by atoms with van der Waals surface area (Å²) in [6, 6.07) is 16.7. The number of rotatable bonds is 7. The van der Waals surface area contributed by atoms with Crippen molar-refractivity contribution in [3.63, 3.8) is 0 Å². The van der Waals surface area contributed by atoms with E-state index in [4.69, 9.17) is 4.74 Å². The van der Waals surface area contributed by atoms with Crippen molar-refractivity contribution in [2.45, 2.75) is 26.8 Å². The lowest BCUT2D eigenvalue weighted by Crippen LogP contribution is -2.37. The molecule has 1 fully saturated rings. The Balaban J connectivity index is 1.76. The first kappa shape index (κ1) is 20.6. The van der Waals surface area contributed by atoms with Gasteiger partial charge >= 0.3 is 5.97 Å². The quantitative estimate of drug-likeness (QED) is 0.676. The summed E-state index contributed by atoms with van der Waals surface area (Å²) in [6.45, 7) is 5.28. The minimum atomic E-state index is -0.468. The van der Waals surface area contributed by atoms with Crippen LogP contribution in [0.5, 0.6) is 0 Å². The molecule has 0 aliphatic carbocycles. The fourth-order valence-electron chi connectivity index (χ4n) is 3.60. The van der Waals surface area contributed by atoms with Crippen molar-refractivity contribution >= 4 is 23.5 Å². The molecule has 1 aliphatic rings. The molecule has 0 saturated carbocycles. The van der Waals surface area contributed by atoms with Crippen molar-refractivity contribution in [1.82, 2.24) is 4.90 Å². The summed E-state index contributed by atoms with van der Waals surface area (Å²) < 4.78 is 5.11. The van der Waals surface area contributed by atoms with Gasteiger partial charge < -0.3 is 14.5 Å². The Hall–Kier alpha value is -3.15. The highest BCUT2D eigenvalue weighted by atomic mass is 16.5. The normalized spacial score (nSPS) is 16.0. The van der Waals surface area contributed by atoms with Gasteiger partial charge in [0.2, 0.25) is 11.8 Å². The first-order valence-corrected chi connectivity index (χ1v) is 9.94. The lowest BCUT2D eigenvalue weighted by atomic mass is 10.1. The Morgan fingerprint density at radius 2 is 1.76 bits per heavy atom. The van der Waals surface area contributed by atoms with Gasteiger partial charge in [-0.25, -0.2) is 4.79 Å². The van der Waals surface area contributed by atoms with Crippen LogP contribution in [0, 0.1) is 5.92 Å². The first-order chi connectivity index (χ1) is 14.0. The zero-order valence-corrected chi connectivity index (χ0v) is 16.8. The Morgan fingerprint density at radius 1 is 1.07 bits per heavy atom. The molecule has 0 bridgehead atoms. The van der Waals surface area contributed by atoms with E-state index >= 15 is 0 Å². The van der Waals surface area contributed by atoms with Gasteiger partial charge in [0.15, 0.2) is 0 Å². The van der Waals surface area contributed by atoms with Crippen LogP contribution in [0.1, 0.15) is 36.2 Å². The summed E-state index contributed by atoms with van der Waals surface area (Å²) in [5, 5.41) is 0. The second-order valence-corrected chi connectivity index (χ2v) is 6.98. The number of benzene rings is 2. The number of hydrogen-bond acceptors (Lipinski definition) is 4. The molecule has 3 rings (SSSR count). The molecule has 0 radical (unpaired) electrons. The van der Waals surface area contributed by atoms with Crippen LogP contribution < -0.4 is 4.90 Å². The average Bonchev–Trinajstić information content (AvgIpc) is 3.14. The minimum absolute atomic E-state index is 0.0409. The van der Waals surface area contributed by atoms with Crippen LogP contribution in [-0.2, 0) is 20.9 Å². The Bertz CT molecular complexity index is 881. The van der Waals surface area contributed by atoms with E-state index in [9.17, 15) is 14.4 Å². The molecule has 6 heteroatoms. The third kappa shape index (κ3) is 4.65. The maximum Gasteiger partial charge on any atom is 0.340 e. The monoisotopic (exact) mass is 394 g/mol. The molecular formula is C23H26N2O4. The second-order valence-electron chi connectivity index (χ2n) is 6.98. The molecular weight excluding hydrogens is 368 g/mol. The summed E-state index contributed by atoms with van der Waals surface area (Å²) in [5.74, 6) is -1.09. The molecule has 1 unspecified atom stereocenters. The fourth-order valence-corrected chi connectivity index (χ4v) is 3.60. The maximum absolute atomic E-state index is 13.1. The number of carbonyl (C=O) groups excluding carboxylic acids is 3. The predicted octanol–water partition coefficient (Wildman–Crippen LogP) is 3.26. The lowest BCUT2D eigenvalue weighted by Gasteiger charge is -2.25. The van der Waals surface area contributed by atoms with Crippen LogP contribution in [0.4, 0.5) is 5.69 Å². The molecule has 1 atom stereocenters. The van der Waals surface area contributed by atoms with E-state index in [1.165, 1.54) is 4.90 Å². The van der Waals surface area contributed by atoms with Crippen molar-refractivity contribution in [2.24, 2.45) is 5.92 Å². The van der Waals surface area contributed by atoms with E-state index in [0.29, 0.717) is 24.3 Å². The molecule has 2 aromatic carbocycles. The number of esters is 1. The number of hydrogen-bond donors (Lipinski definition) is 0. The Morgan fingerprint density at radius 3 is 2.45 bits per heavy atom. The lowest BCUT2D eigenvalue weighted by molar-refractivity contribution is -0.136. The first-order valence-electron chi connectivity index (χ1n) is 9.94. The molecule has 0 spiro atoms. The average molecular weight is 394 g/mol. The Labute approximate surface area is 171 Å². The van der Waals surface area contributed by atoms with E-state index in [1.54, 1.807) is 36.1 Å². The summed E-state index contributed by atoms with van der Waals surface area (Å²) in [5.41, 5.74) is 1.89. The number of nitrogens with zero attached hydrogens (tertiary/aromatic N) is 2. The third-order valence-electron chi connectivity index (χ3n) is 5.07. The van der Waals surface area contributed by atoms with Crippen LogP contribution in [0.25, 0.3) is 0 Å². The van der Waals surface area contributed by atoms with E-state index in [2.05, 4.69) is 0 Å². The van der Waals surface area contributed by atoms with Crippen molar-refractivity contribution in [1.29, 1.82) is 0 Å². The highest BCUT2D eigenvalue weighted by Crippen LogP contribution is 2.30. The number of anilines is 1. The van der Waals surface area contributed by atoms with Crippen LogP contribution in [0.15, 0.2) is 54.6 Å². The molecule has 1 saturated heterocycles. The maximum atomic E-state index is 13.1. The molecule has 1 aliphatic heterocycles. The largest absolute Gasteiger partial charge is 0.462 e. The molecule has 2 aromatic rings. The van der Waals surface area contributed by atoms with E-state index < -0.39 is 11.9 Å². The van der Waals surface area contributed by atoms with E-state index in [-0.39, 0.29) is 31.4 Å². The summed E-state index contributed by atoms with van der Waals surface area (Å²) in [7, 11) is 0. The summed E-state index contributed by atoms with van der Waals surface area (Å²) >= 11 is 0. The van der Waals surface area contributed by atoms with Crippen molar-refractivity contribution < 1.29 is 19.1 Å². The third-order valence-corrected chi connectivity index (χ3v) is 5.07. The second kappa shape index (κ2) is 9.37. The standard InChI is InChI=1S/C23H26N2O4/c1-3-24(15-17-10-6-5-7-11-17)22(27)18-14-21(26)25(16-18)20-13-9-8-12-19(20)23(28)29-4-2/h5-13,18H,3-4,14-16H2,1-2H3. The van der Waals surface area contributed by atoms with Crippen LogP contribution in [-0.4, -0.2) is 42.4 Å². The van der Waals surface area contributed by atoms with Gasteiger partial charge in [-0.05, 0) is 31.5 Å². The van der Waals surface area contributed by atoms with Crippen molar-refractivity contribution in [2.75, 3.05) is 24.6 Å². The SMILES string of the molecule is CCOC(=O)c1ccccc1N1CC(C(=O)N(CC)Cc2ccccc2)CC1=O. The van der Waals surface area contributed by atoms with Crippen LogP contribution >= 0.6 is 0 Å². The van der Waals surface area contributed by atoms with Crippen molar-refractivity contribution in [3.05, 3.63) is 65.7 Å². The van der Waals surface area contributed by atoms with Gasteiger partial charge in [0.25, 0.3) is 0 Å². The molecule has 0 N–H and O–H groups in total. The number of para-hydroxylation sites is 1. The topological polar surface area (TPSA) is 66.9 Å². The molecule has 1 heterocycles. The van der Waals surface area contributed by atoms with Gasteiger partial charge in [-0.2, -0.15) is 0 Å². The minimum Gasteiger partial charge on any atom is -0.462 e. The smallest absolute Gasteiger partial charge is 0.340 e. The number of amides is 2. The van der Waals surface area contributed by atoms with Crippen LogP contribution in [0.2, 0.25) is 0 Å². The van der Waals surface area contributed by atoms with Crippen molar-refractivity contribution in [3.8, 4) is 0 Å². The Kier molecular flexibility index (Phi) is 6.65. The summed E-state index contributed by atoms with van der Waals surface area (Å²) in [6.07, 6.45) is 0.140. The molecule has 152 valence electrons. The zero-order valence-electron chi connectivity index (χ0n) is 16.8. The predicted molar refractivity (Wildman–Crippen MR) is 110 cm³/mol. The molecule has 2 amide bonds. The van der Waals surface area contributed by atoms with Gasteiger partial charge in [-0.3, -0.25) is 9.59 Å². The van der Waals surface area contributed by atoms with Gasteiger partial charge in [0.1, 0.15) is 0 Å². The van der Waals surface area contributed by atoms with Gasteiger partial charge in [-0.1, -0.05) is 42.5 Å². The molecule has 0 aromatic heterocycles. The van der Waals surface area contributed by atoms with Gasteiger partial charge in [-0.15, -0.1) is 0 Å². The zero-order chi connectivity index (χ0) is 20.8. The molecule has 29 heavy (non-hydrogen) atoms. The number of ether oxygens (including phenoxy) is 1. The highest BCUT2D eigenvalue weighted by Gasteiger charge is 2.38. The van der Waals surface area contributed by atoms with E-state index in [0.717, 1.165) is 5.56 Å². The summed E-state index contributed by atoms with van der Waals surface area (Å²) in [4.78, 5) is 41.3. The van der Waals surface area contributed by atoms with Gasteiger partial charge in [0.05, 0.1) is 23.8 Å². The molecule has 6 nitrogen and oxygen atoms in total. The van der Waals surface area contributed by atoms with Crippen LogP contribution in [0.3, 0.4) is 0 Å². The van der Waals surface area contributed by atoms with Gasteiger partial charge in [0, 0.05) is 26.1 Å². The fraction of sp³-hybridized carbons (Fsp3) is 0.348.